The lowest BCUT2D eigenvalue weighted by atomic mass is 10.1. The SMILES string of the molecule is CN1c2ncccc2CN(Cc2ccccn2)CCC1CO. The fraction of sp³-hybridized carbons (Fsp3) is 0.412. The summed E-state index contributed by atoms with van der Waals surface area (Å²) in [6.45, 7) is 2.74. The Balaban J connectivity index is 1.85. The van der Waals surface area contributed by atoms with Crippen molar-refractivity contribution in [3.63, 3.8) is 0 Å². The molecule has 0 spiro atoms. The Bertz CT molecular complexity index is 605. The Morgan fingerprint density at radius 3 is 2.82 bits per heavy atom. The molecule has 3 heterocycles. The van der Waals surface area contributed by atoms with Crippen LogP contribution >= 0.6 is 0 Å². The normalized spacial score (nSPS) is 19.4. The highest BCUT2D eigenvalue weighted by Crippen LogP contribution is 2.24. The van der Waals surface area contributed by atoms with E-state index < -0.39 is 0 Å². The highest BCUT2D eigenvalue weighted by atomic mass is 16.3. The van der Waals surface area contributed by atoms with Crippen molar-refractivity contribution < 1.29 is 5.11 Å². The lowest BCUT2D eigenvalue weighted by Crippen LogP contribution is -2.41. The number of pyridine rings is 2. The minimum Gasteiger partial charge on any atom is -0.394 e. The van der Waals surface area contributed by atoms with Crippen molar-refractivity contribution in [2.45, 2.75) is 25.6 Å². The van der Waals surface area contributed by atoms with E-state index >= 15 is 0 Å². The van der Waals surface area contributed by atoms with E-state index in [4.69, 9.17) is 0 Å². The molecular weight excluding hydrogens is 276 g/mol. The summed E-state index contributed by atoms with van der Waals surface area (Å²) in [5.41, 5.74) is 2.27. The fourth-order valence-electron chi connectivity index (χ4n) is 2.96. The molecule has 0 saturated carbocycles. The summed E-state index contributed by atoms with van der Waals surface area (Å²) in [6, 6.07) is 10.2. The maximum absolute atomic E-state index is 9.68. The van der Waals surface area contributed by atoms with Gasteiger partial charge in [-0.3, -0.25) is 9.88 Å². The van der Waals surface area contributed by atoms with Gasteiger partial charge in [0.25, 0.3) is 0 Å². The topological polar surface area (TPSA) is 52.5 Å². The van der Waals surface area contributed by atoms with Gasteiger partial charge in [-0.25, -0.2) is 4.98 Å². The van der Waals surface area contributed by atoms with Crippen LogP contribution in [-0.4, -0.2) is 46.2 Å². The Kier molecular flexibility index (Phi) is 4.65. The van der Waals surface area contributed by atoms with Gasteiger partial charge >= 0.3 is 0 Å². The third-order valence-corrected chi connectivity index (χ3v) is 4.24. The molecule has 116 valence electrons. The second-order valence-electron chi connectivity index (χ2n) is 5.75. The maximum Gasteiger partial charge on any atom is 0.133 e. The smallest absolute Gasteiger partial charge is 0.133 e. The zero-order chi connectivity index (χ0) is 15.4. The van der Waals surface area contributed by atoms with Crippen LogP contribution in [0.15, 0.2) is 42.7 Å². The molecular formula is C17H22N4O. The average Bonchev–Trinajstić information content (AvgIpc) is 2.55. The first-order chi connectivity index (χ1) is 10.8. The molecule has 22 heavy (non-hydrogen) atoms. The summed E-state index contributed by atoms with van der Waals surface area (Å²) in [5.74, 6) is 0.965. The van der Waals surface area contributed by atoms with Gasteiger partial charge in [0.2, 0.25) is 0 Å². The quantitative estimate of drug-likeness (QED) is 0.934. The molecule has 5 nitrogen and oxygen atoms in total. The van der Waals surface area contributed by atoms with E-state index in [9.17, 15) is 5.11 Å². The molecule has 0 aliphatic carbocycles. The van der Waals surface area contributed by atoms with Crippen molar-refractivity contribution in [3.8, 4) is 0 Å². The molecule has 2 aromatic heterocycles. The van der Waals surface area contributed by atoms with Crippen LogP contribution in [0.2, 0.25) is 0 Å². The van der Waals surface area contributed by atoms with Crippen molar-refractivity contribution >= 4 is 5.82 Å². The van der Waals surface area contributed by atoms with Crippen LogP contribution in [0.25, 0.3) is 0 Å². The second-order valence-corrected chi connectivity index (χ2v) is 5.75. The number of likely N-dealkylation sites (N-methyl/N-ethyl adjacent to an activating group) is 1. The number of rotatable bonds is 3. The molecule has 0 radical (unpaired) electrons. The summed E-state index contributed by atoms with van der Waals surface area (Å²) >= 11 is 0. The van der Waals surface area contributed by atoms with Crippen LogP contribution in [0, 0.1) is 0 Å². The molecule has 1 unspecified atom stereocenters. The minimum absolute atomic E-state index is 0.0974. The van der Waals surface area contributed by atoms with Gasteiger partial charge in [-0.2, -0.15) is 0 Å². The molecule has 0 amide bonds. The molecule has 0 fully saturated rings. The van der Waals surface area contributed by atoms with Gasteiger partial charge < -0.3 is 10.0 Å². The molecule has 1 N–H and O–H groups in total. The van der Waals surface area contributed by atoms with E-state index in [0.717, 1.165) is 37.6 Å². The summed E-state index contributed by atoms with van der Waals surface area (Å²) in [6.07, 6.45) is 4.56. The minimum atomic E-state index is 0.0974. The summed E-state index contributed by atoms with van der Waals surface area (Å²) in [5, 5.41) is 9.68. The summed E-state index contributed by atoms with van der Waals surface area (Å²) in [7, 11) is 2.02. The first-order valence-electron chi connectivity index (χ1n) is 7.68. The lowest BCUT2D eigenvalue weighted by molar-refractivity contribution is 0.204. The molecule has 0 bridgehead atoms. The van der Waals surface area contributed by atoms with Crippen molar-refractivity contribution in [2.75, 3.05) is 25.1 Å². The van der Waals surface area contributed by atoms with E-state index in [1.54, 1.807) is 0 Å². The van der Waals surface area contributed by atoms with E-state index in [1.807, 2.05) is 37.6 Å². The zero-order valence-electron chi connectivity index (χ0n) is 12.9. The third kappa shape index (κ3) is 3.26. The van der Waals surface area contributed by atoms with Gasteiger partial charge in [-0.1, -0.05) is 12.1 Å². The molecule has 5 heteroatoms. The van der Waals surface area contributed by atoms with E-state index in [2.05, 4.69) is 31.9 Å². The van der Waals surface area contributed by atoms with Crippen LogP contribution in [0.3, 0.4) is 0 Å². The van der Waals surface area contributed by atoms with Gasteiger partial charge in [0, 0.05) is 44.6 Å². The van der Waals surface area contributed by atoms with Crippen LogP contribution in [0.4, 0.5) is 5.82 Å². The zero-order valence-corrected chi connectivity index (χ0v) is 12.9. The molecule has 0 saturated heterocycles. The number of hydrogen-bond donors (Lipinski definition) is 1. The number of anilines is 1. The van der Waals surface area contributed by atoms with Gasteiger partial charge in [-0.15, -0.1) is 0 Å². The Morgan fingerprint density at radius 2 is 2.05 bits per heavy atom. The second kappa shape index (κ2) is 6.85. The van der Waals surface area contributed by atoms with Crippen LogP contribution in [0.1, 0.15) is 17.7 Å². The van der Waals surface area contributed by atoms with Crippen LogP contribution < -0.4 is 4.90 Å². The van der Waals surface area contributed by atoms with Gasteiger partial charge in [-0.05, 0) is 24.6 Å². The molecule has 1 atom stereocenters. The average molecular weight is 298 g/mol. The highest BCUT2D eigenvalue weighted by molar-refractivity contribution is 5.47. The van der Waals surface area contributed by atoms with Gasteiger partial charge in [0.15, 0.2) is 0 Å². The van der Waals surface area contributed by atoms with Crippen molar-refractivity contribution in [1.82, 2.24) is 14.9 Å². The monoisotopic (exact) mass is 298 g/mol. The van der Waals surface area contributed by atoms with Crippen molar-refractivity contribution in [1.29, 1.82) is 0 Å². The lowest BCUT2D eigenvalue weighted by Gasteiger charge is -2.35. The summed E-state index contributed by atoms with van der Waals surface area (Å²) in [4.78, 5) is 13.4. The van der Waals surface area contributed by atoms with Gasteiger partial charge in [0.05, 0.1) is 18.3 Å². The van der Waals surface area contributed by atoms with Crippen molar-refractivity contribution in [3.05, 3.63) is 54.0 Å². The predicted octanol–water partition coefficient (Wildman–Crippen LogP) is 1.68. The van der Waals surface area contributed by atoms with E-state index in [-0.39, 0.29) is 12.6 Å². The number of hydrogen-bond acceptors (Lipinski definition) is 5. The molecule has 3 rings (SSSR count). The van der Waals surface area contributed by atoms with E-state index in [1.165, 1.54) is 5.56 Å². The Morgan fingerprint density at radius 1 is 1.18 bits per heavy atom. The van der Waals surface area contributed by atoms with Crippen LogP contribution in [0.5, 0.6) is 0 Å². The third-order valence-electron chi connectivity index (χ3n) is 4.24. The Labute approximate surface area is 131 Å². The first-order valence-corrected chi connectivity index (χ1v) is 7.68. The molecule has 2 aromatic rings. The van der Waals surface area contributed by atoms with Crippen molar-refractivity contribution in [2.24, 2.45) is 0 Å². The molecule has 1 aliphatic rings. The number of aliphatic hydroxyl groups is 1. The molecule has 1 aliphatic heterocycles. The van der Waals surface area contributed by atoms with Gasteiger partial charge in [0.1, 0.15) is 5.82 Å². The number of nitrogens with zero attached hydrogens (tertiary/aromatic N) is 4. The standard InChI is InChI=1S/C17H22N4O/c1-20-16(13-22)7-10-21(12-15-6-2-3-8-18-15)11-14-5-4-9-19-17(14)20/h2-6,8-9,16,22H,7,10-13H2,1H3. The fourth-order valence-corrected chi connectivity index (χ4v) is 2.96. The number of aromatic nitrogens is 2. The van der Waals surface area contributed by atoms with E-state index in [0.29, 0.717) is 0 Å². The largest absolute Gasteiger partial charge is 0.394 e. The predicted molar refractivity (Wildman–Crippen MR) is 86.5 cm³/mol. The molecule has 0 aromatic carbocycles. The summed E-state index contributed by atoms with van der Waals surface area (Å²) < 4.78 is 0. The number of fused-ring (bicyclic) bond motifs is 1. The maximum atomic E-state index is 9.68. The first kappa shape index (κ1) is 14.9. The number of aliphatic hydroxyl groups excluding tert-OH is 1. The highest BCUT2D eigenvalue weighted by Gasteiger charge is 2.23. The Hall–Kier alpha value is -1.98. The van der Waals surface area contributed by atoms with Crippen LogP contribution in [-0.2, 0) is 13.1 Å².